The van der Waals surface area contributed by atoms with Crippen molar-refractivity contribution in [3.8, 4) is 0 Å². The summed E-state index contributed by atoms with van der Waals surface area (Å²) in [6.07, 6.45) is 0. The maximum atomic E-state index is 3.85. The standard InChI is InChI=1S/C16H12Br2S/c1-10-6-7-12(14(17)8-10)16(18)13-9-19-15-5-3-2-4-11(13)15/h2-9,16H,1H3. The molecule has 1 atom stereocenters. The van der Waals surface area contributed by atoms with Crippen LogP contribution >= 0.6 is 43.2 Å². The molecule has 2 aromatic carbocycles. The molecule has 1 unspecified atom stereocenters. The molecule has 0 aliphatic rings. The van der Waals surface area contributed by atoms with Crippen molar-refractivity contribution in [2.75, 3.05) is 0 Å². The SMILES string of the molecule is Cc1ccc(C(Br)c2csc3ccccc23)c(Br)c1. The lowest BCUT2D eigenvalue weighted by Gasteiger charge is -2.12. The summed E-state index contributed by atoms with van der Waals surface area (Å²) in [7, 11) is 0. The van der Waals surface area contributed by atoms with Gasteiger partial charge in [0.1, 0.15) is 0 Å². The van der Waals surface area contributed by atoms with Crippen LogP contribution in [0, 0.1) is 6.92 Å². The summed E-state index contributed by atoms with van der Waals surface area (Å²) in [4.78, 5) is 0.221. The molecular formula is C16H12Br2S. The van der Waals surface area contributed by atoms with Crippen LogP contribution in [0.25, 0.3) is 10.1 Å². The Bertz CT molecular complexity index is 730. The van der Waals surface area contributed by atoms with Gasteiger partial charge in [0.15, 0.2) is 0 Å². The van der Waals surface area contributed by atoms with Crippen molar-refractivity contribution in [3.05, 3.63) is 69.0 Å². The Hall–Kier alpha value is -0.640. The summed E-state index contributed by atoms with van der Waals surface area (Å²) in [6, 6.07) is 15.1. The molecule has 3 aromatic rings. The zero-order valence-corrected chi connectivity index (χ0v) is 14.3. The average Bonchev–Trinajstić information content (AvgIpc) is 2.82. The summed E-state index contributed by atoms with van der Waals surface area (Å²) in [5, 5.41) is 3.58. The molecule has 1 heterocycles. The van der Waals surface area contributed by atoms with Crippen LogP contribution in [0.4, 0.5) is 0 Å². The van der Waals surface area contributed by atoms with Gasteiger partial charge in [-0.15, -0.1) is 11.3 Å². The normalized spacial score (nSPS) is 12.8. The monoisotopic (exact) mass is 394 g/mol. The minimum atomic E-state index is 0.221. The molecule has 0 saturated carbocycles. The predicted octanol–water partition coefficient (Wildman–Crippen LogP) is 6.46. The summed E-state index contributed by atoms with van der Waals surface area (Å²) in [5.74, 6) is 0. The molecule has 0 saturated heterocycles. The van der Waals surface area contributed by atoms with Gasteiger partial charge in [0.2, 0.25) is 0 Å². The summed E-state index contributed by atoms with van der Waals surface area (Å²) < 4.78 is 2.50. The van der Waals surface area contributed by atoms with Crippen LogP contribution in [0.5, 0.6) is 0 Å². The summed E-state index contributed by atoms with van der Waals surface area (Å²) in [6.45, 7) is 2.11. The van der Waals surface area contributed by atoms with Crippen molar-refractivity contribution in [1.82, 2.24) is 0 Å². The molecule has 0 fully saturated rings. The van der Waals surface area contributed by atoms with E-state index in [4.69, 9.17) is 0 Å². The van der Waals surface area contributed by atoms with Gasteiger partial charge in [-0.1, -0.05) is 62.2 Å². The van der Waals surface area contributed by atoms with E-state index < -0.39 is 0 Å². The third kappa shape index (κ3) is 2.51. The molecule has 19 heavy (non-hydrogen) atoms. The number of rotatable bonds is 2. The molecule has 96 valence electrons. The van der Waals surface area contributed by atoms with Crippen LogP contribution in [0.2, 0.25) is 0 Å². The van der Waals surface area contributed by atoms with Gasteiger partial charge in [0, 0.05) is 9.17 Å². The van der Waals surface area contributed by atoms with E-state index in [1.807, 2.05) is 0 Å². The third-order valence-corrected chi connectivity index (χ3v) is 5.87. The van der Waals surface area contributed by atoms with Crippen LogP contribution < -0.4 is 0 Å². The number of benzene rings is 2. The van der Waals surface area contributed by atoms with E-state index in [1.54, 1.807) is 11.3 Å². The molecule has 0 aliphatic carbocycles. The van der Waals surface area contributed by atoms with E-state index in [1.165, 1.54) is 26.8 Å². The Morgan fingerprint density at radius 3 is 2.63 bits per heavy atom. The first-order chi connectivity index (χ1) is 9.16. The third-order valence-electron chi connectivity index (χ3n) is 3.21. The van der Waals surface area contributed by atoms with Gasteiger partial charge in [-0.3, -0.25) is 0 Å². The van der Waals surface area contributed by atoms with Crippen LogP contribution in [0.3, 0.4) is 0 Å². The highest BCUT2D eigenvalue weighted by Gasteiger charge is 2.17. The van der Waals surface area contributed by atoms with Crippen LogP contribution in [0.1, 0.15) is 21.5 Å². The second kappa shape index (κ2) is 5.39. The Morgan fingerprint density at radius 2 is 1.84 bits per heavy atom. The van der Waals surface area contributed by atoms with Gasteiger partial charge in [0.25, 0.3) is 0 Å². The molecule has 0 aliphatic heterocycles. The van der Waals surface area contributed by atoms with E-state index in [9.17, 15) is 0 Å². The van der Waals surface area contributed by atoms with E-state index in [0.717, 1.165) is 4.47 Å². The summed E-state index contributed by atoms with van der Waals surface area (Å²) in [5.41, 5.74) is 3.88. The number of halogens is 2. The van der Waals surface area contributed by atoms with Gasteiger partial charge in [0.05, 0.1) is 4.83 Å². The Balaban J connectivity index is 2.10. The molecule has 3 rings (SSSR count). The Morgan fingerprint density at radius 1 is 1.05 bits per heavy atom. The lowest BCUT2D eigenvalue weighted by molar-refractivity contribution is 1.18. The fourth-order valence-corrected chi connectivity index (χ4v) is 5.17. The second-order valence-corrected chi connectivity index (χ2v) is 7.26. The number of thiophene rings is 1. The molecule has 0 radical (unpaired) electrons. The highest BCUT2D eigenvalue weighted by Crippen LogP contribution is 2.41. The molecule has 0 N–H and O–H groups in total. The maximum absolute atomic E-state index is 3.85. The number of hydrogen-bond acceptors (Lipinski definition) is 1. The fraction of sp³-hybridized carbons (Fsp3) is 0.125. The first-order valence-electron chi connectivity index (χ1n) is 6.03. The number of hydrogen-bond donors (Lipinski definition) is 0. The van der Waals surface area contributed by atoms with Gasteiger partial charge >= 0.3 is 0 Å². The first kappa shape index (κ1) is 13.3. The number of alkyl halides is 1. The first-order valence-corrected chi connectivity index (χ1v) is 8.62. The highest BCUT2D eigenvalue weighted by molar-refractivity contribution is 9.11. The molecule has 3 heteroatoms. The Labute approximate surface area is 133 Å². The maximum Gasteiger partial charge on any atom is 0.0669 e. The lowest BCUT2D eigenvalue weighted by atomic mass is 10.0. The topological polar surface area (TPSA) is 0 Å². The van der Waals surface area contributed by atoms with E-state index >= 15 is 0 Å². The van der Waals surface area contributed by atoms with Crippen molar-refractivity contribution in [3.63, 3.8) is 0 Å². The zero-order chi connectivity index (χ0) is 13.4. The zero-order valence-electron chi connectivity index (χ0n) is 10.4. The van der Waals surface area contributed by atoms with Crippen molar-refractivity contribution in [1.29, 1.82) is 0 Å². The minimum Gasteiger partial charge on any atom is -0.143 e. The quantitative estimate of drug-likeness (QED) is 0.437. The van der Waals surface area contributed by atoms with Crippen molar-refractivity contribution in [2.24, 2.45) is 0 Å². The fourth-order valence-electron chi connectivity index (χ4n) is 2.20. The minimum absolute atomic E-state index is 0.221. The molecule has 0 spiro atoms. The Kier molecular flexibility index (Phi) is 3.79. The predicted molar refractivity (Wildman–Crippen MR) is 91.5 cm³/mol. The van der Waals surface area contributed by atoms with Gasteiger partial charge in [-0.05, 0) is 46.5 Å². The van der Waals surface area contributed by atoms with E-state index in [0.29, 0.717) is 0 Å². The summed E-state index contributed by atoms with van der Waals surface area (Å²) >= 11 is 9.32. The van der Waals surface area contributed by atoms with Crippen molar-refractivity contribution >= 4 is 53.3 Å². The smallest absolute Gasteiger partial charge is 0.0669 e. The van der Waals surface area contributed by atoms with Gasteiger partial charge in [-0.2, -0.15) is 0 Å². The van der Waals surface area contributed by atoms with Gasteiger partial charge in [-0.25, -0.2) is 0 Å². The lowest BCUT2D eigenvalue weighted by Crippen LogP contribution is -1.93. The largest absolute Gasteiger partial charge is 0.143 e. The number of fused-ring (bicyclic) bond motifs is 1. The van der Waals surface area contributed by atoms with Crippen LogP contribution in [-0.4, -0.2) is 0 Å². The van der Waals surface area contributed by atoms with Crippen LogP contribution in [0.15, 0.2) is 52.3 Å². The van der Waals surface area contributed by atoms with Crippen molar-refractivity contribution in [2.45, 2.75) is 11.8 Å². The van der Waals surface area contributed by atoms with Crippen LogP contribution in [-0.2, 0) is 0 Å². The highest BCUT2D eigenvalue weighted by atomic mass is 79.9. The molecule has 0 amide bonds. The van der Waals surface area contributed by atoms with E-state index in [-0.39, 0.29) is 4.83 Å². The van der Waals surface area contributed by atoms with Crippen molar-refractivity contribution < 1.29 is 0 Å². The molecular weight excluding hydrogens is 384 g/mol. The number of aryl methyl sites for hydroxylation is 1. The second-order valence-electron chi connectivity index (χ2n) is 4.57. The molecule has 0 bridgehead atoms. The molecule has 1 aromatic heterocycles. The van der Waals surface area contributed by atoms with E-state index in [2.05, 4.69) is 86.6 Å². The van der Waals surface area contributed by atoms with Gasteiger partial charge < -0.3 is 0 Å². The molecule has 0 nitrogen and oxygen atoms in total. The average molecular weight is 396 g/mol.